The summed E-state index contributed by atoms with van der Waals surface area (Å²) in [5.41, 5.74) is 1.02. The van der Waals surface area contributed by atoms with E-state index >= 15 is 0 Å². The van der Waals surface area contributed by atoms with Crippen molar-refractivity contribution in [2.24, 2.45) is 0 Å². The zero-order valence-electron chi connectivity index (χ0n) is 19.4. The number of carbonyl (C=O) groups is 2. The lowest BCUT2D eigenvalue weighted by molar-refractivity contribution is -0.133. The van der Waals surface area contributed by atoms with E-state index in [2.05, 4.69) is 5.32 Å². The van der Waals surface area contributed by atoms with Gasteiger partial charge in [0.15, 0.2) is 0 Å². The molecule has 8 heteroatoms. The number of nitrogens with one attached hydrogen (secondary N) is 1. The third kappa shape index (κ3) is 4.42. The Balaban J connectivity index is 1.74. The fourth-order valence-electron chi connectivity index (χ4n) is 4.79. The van der Waals surface area contributed by atoms with E-state index in [-0.39, 0.29) is 29.9 Å². The van der Waals surface area contributed by atoms with Crippen LogP contribution in [0.1, 0.15) is 43.7 Å². The molecule has 0 bridgehead atoms. The Labute approximate surface area is 195 Å². The first kappa shape index (κ1) is 23.4. The van der Waals surface area contributed by atoms with Crippen LogP contribution < -0.4 is 10.2 Å². The lowest BCUT2D eigenvalue weighted by Gasteiger charge is -2.47. The Morgan fingerprint density at radius 2 is 1.67 bits per heavy atom. The predicted molar refractivity (Wildman–Crippen MR) is 127 cm³/mol. The smallest absolute Gasteiger partial charge is 0.247 e. The molecule has 7 nitrogen and oxygen atoms in total. The van der Waals surface area contributed by atoms with Crippen LogP contribution in [0.3, 0.4) is 0 Å². The molecule has 2 amide bonds. The largest absolute Gasteiger partial charge is 0.351 e. The number of anilines is 1. The zero-order valence-corrected chi connectivity index (χ0v) is 20.2. The van der Waals surface area contributed by atoms with Crippen molar-refractivity contribution < 1.29 is 18.0 Å². The first-order valence-electron chi connectivity index (χ1n) is 11.4. The molecule has 1 saturated heterocycles. The molecule has 0 radical (unpaired) electrons. The molecule has 1 N–H and O–H groups in total. The number of hydrogen-bond donors (Lipinski definition) is 1. The lowest BCUT2D eigenvalue weighted by atomic mass is 9.93. The first-order chi connectivity index (χ1) is 15.6. The first-order valence-corrected chi connectivity index (χ1v) is 12.8. The molecule has 33 heavy (non-hydrogen) atoms. The molecule has 0 spiro atoms. The number of benzene rings is 2. The van der Waals surface area contributed by atoms with Gasteiger partial charge in [-0.05, 0) is 57.4 Å². The number of piperazine rings is 1. The second kappa shape index (κ2) is 8.91. The Morgan fingerprint density at radius 1 is 1.03 bits per heavy atom. The molecule has 1 aliphatic carbocycles. The van der Waals surface area contributed by atoms with Gasteiger partial charge in [0.1, 0.15) is 5.54 Å². The third-order valence-corrected chi connectivity index (χ3v) is 8.54. The van der Waals surface area contributed by atoms with Crippen molar-refractivity contribution in [2.75, 3.05) is 18.0 Å². The normalized spacial score (nSPS) is 22.5. The molecule has 2 aliphatic rings. The zero-order chi connectivity index (χ0) is 23.8. The van der Waals surface area contributed by atoms with Crippen molar-refractivity contribution in [3.8, 4) is 0 Å². The molecule has 176 valence electrons. The summed E-state index contributed by atoms with van der Waals surface area (Å²) in [6.07, 6.45) is 3.89. The number of hydrogen-bond acceptors (Lipinski definition) is 4. The Bertz CT molecular complexity index is 1160. The van der Waals surface area contributed by atoms with E-state index in [1.807, 2.05) is 32.0 Å². The second-order valence-electron chi connectivity index (χ2n) is 9.33. The molecule has 1 heterocycles. The van der Waals surface area contributed by atoms with Crippen LogP contribution in [0, 0.1) is 13.8 Å². The van der Waals surface area contributed by atoms with Crippen LogP contribution in [-0.4, -0.2) is 49.2 Å². The van der Waals surface area contributed by atoms with Crippen molar-refractivity contribution in [2.45, 2.75) is 62.9 Å². The Kier molecular flexibility index (Phi) is 6.33. The molecule has 2 aromatic carbocycles. The maximum atomic E-state index is 13.6. The number of para-hydroxylation sites is 1. The summed E-state index contributed by atoms with van der Waals surface area (Å²) >= 11 is 0. The summed E-state index contributed by atoms with van der Waals surface area (Å²) in [5, 5.41) is 3.09. The summed E-state index contributed by atoms with van der Waals surface area (Å²) < 4.78 is 28.0. The van der Waals surface area contributed by atoms with Gasteiger partial charge in [0.25, 0.3) is 0 Å². The van der Waals surface area contributed by atoms with Crippen LogP contribution in [0.5, 0.6) is 0 Å². The minimum Gasteiger partial charge on any atom is -0.351 e. The standard InChI is InChI=1S/C25H31N3O4S/c1-18-12-14-21(15-13-18)33(31,32)27-16-23(29)28(22-11-7-4-8-19(22)2)25(3,17-27)24(30)26-20-9-5-6-10-20/h4,7-8,11-15,20H,5-6,9-10,16-17H2,1-3H3,(H,26,30)/t25-/m0/s1. The van der Waals surface area contributed by atoms with Crippen molar-refractivity contribution in [3.05, 3.63) is 59.7 Å². The van der Waals surface area contributed by atoms with Gasteiger partial charge in [-0.3, -0.25) is 14.5 Å². The number of rotatable bonds is 5. The van der Waals surface area contributed by atoms with Crippen molar-refractivity contribution in [1.82, 2.24) is 9.62 Å². The minimum absolute atomic E-state index is 0.0484. The van der Waals surface area contributed by atoms with Crippen LogP contribution in [0.2, 0.25) is 0 Å². The highest BCUT2D eigenvalue weighted by atomic mass is 32.2. The molecular weight excluding hydrogens is 438 g/mol. The van der Waals surface area contributed by atoms with Crippen molar-refractivity contribution >= 4 is 27.5 Å². The molecule has 1 saturated carbocycles. The molecule has 2 fully saturated rings. The van der Waals surface area contributed by atoms with Crippen molar-refractivity contribution in [1.29, 1.82) is 0 Å². The summed E-state index contributed by atoms with van der Waals surface area (Å²) in [7, 11) is -3.95. The number of carbonyl (C=O) groups excluding carboxylic acids is 2. The van der Waals surface area contributed by atoms with Crippen LogP contribution >= 0.6 is 0 Å². The topological polar surface area (TPSA) is 86.8 Å². The van der Waals surface area contributed by atoms with Crippen LogP contribution in [0.25, 0.3) is 0 Å². The fraction of sp³-hybridized carbons (Fsp3) is 0.440. The fourth-order valence-corrected chi connectivity index (χ4v) is 6.27. The maximum Gasteiger partial charge on any atom is 0.247 e. The van der Waals surface area contributed by atoms with Crippen LogP contribution in [-0.2, 0) is 19.6 Å². The number of aryl methyl sites for hydroxylation is 2. The van der Waals surface area contributed by atoms with Crippen LogP contribution in [0.4, 0.5) is 5.69 Å². The van der Waals surface area contributed by atoms with Gasteiger partial charge in [-0.15, -0.1) is 0 Å². The highest BCUT2D eigenvalue weighted by Crippen LogP contribution is 2.34. The lowest BCUT2D eigenvalue weighted by Crippen LogP contribution is -2.70. The Hall–Kier alpha value is -2.71. The second-order valence-corrected chi connectivity index (χ2v) is 11.3. The van der Waals surface area contributed by atoms with Crippen molar-refractivity contribution in [3.63, 3.8) is 0 Å². The van der Waals surface area contributed by atoms with E-state index in [4.69, 9.17) is 0 Å². The van der Waals surface area contributed by atoms with E-state index in [1.54, 1.807) is 37.3 Å². The predicted octanol–water partition coefficient (Wildman–Crippen LogP) is 3.16. The van der Waals surface area contributed by atoms with Gasteiger partial charge in [-0.1, -0.05) is 48.7 Å². The van der Waals surface area contributed by atoms with E-state index in [1.165, 1.54) is 4.90 Å². The van der Waals surface area contributed by atoms with E-state index in [0.29, 0.717) is 5.69 Å². The monoisotopic (exact) mass is 469 g/mol. The summed E-state index contributed by atoms with van der Waals surface area (Å²) in [4.78, 5) is 28.7. The molecule has 1 aliphatic heterocycles. The summed E-state index contributed by atoms with van der Waals surface area (Å²) in [6, 6.07) is 14.0. The highest BCUT2D eigenvalue weighted by Gasteiger charge is 2.51. The molecular formula is C25H31N3O4S. The van der Waals surface area contributed by atoms with E-state index in [0.717, 1.165) is 41.1 Å². The van der Waals surface area contributed by atoms with Crippen LogP contribution in [0.15, 0.2) is 53.4 Å². The van der Waals surface area contributed by atoms with E-state index in [9.17, 15) is 18.0 Å². The third-order valence-electron chi connectivity index (χ3n) is 6.73. The number of sulfonamides is 1. The van der Waals surface area contributed by atoms with Gasteiger partial charge < -0.3 is 5.32 Å². The van der Waals surface area contributed by atoms with Gasteiger partial charge in [-0.2, -0.15) is 4.31 Å². The average molecular weight is 470 g/mol. The molecule has 1 atom stereocenters. The van der Waals surface area contributed by atoms with Gasteiger partial charge in [0.05, 0.1) is 11.4 Å². The SMILES string of the molecule is Cc1ccc(S(=O)(=O)N2CC(=O)N(c3ccccc3C)[C@](C)(C(=O)NC3CCCC3)C2)cc1. The van der Waals surface area contributed by atoms with Gasteiger partial charge in [-0.25, -0.2) is 8.42 Å². The molecule has 0 unspecified atom stereocenters. The summed E-state index contributed by atoms with van der Waals surface area (Å²) in [5.74, 6) is -0.745. The minimum atomic E-state index is -3.95. The average Bonchev–Trinajstić information content (AvgIpc) is 3.28. The molecule has 2 aromatic rings. The quantitative estimate of drug-likeness (QED) is 0.729. The van der Waals surface area contributed by atoms with Gasteiger partial charge >= 0.3 is 0 Å². The molecule has 0 aromatic heterocycles. The molecule has 4 rings (SSSR count). The number of amides is 2. The maximum absolute atomic E-state index is 13.6. The Morgan fingerprint density at radius 3 is 2.30 bits per heavy atom. The van der Waals surface area contributed by atoms with Gasteiger partial charge in [0.2, 0.25) is 21.8 Å². The number of nitrogens with zero attached hydrogens (tertiary/aromatic N) is 2. The summed E-state index contributed by atoms with van der Waals surface area (Å²) in [6.45, 7) is 4.98. The van der Waals surface area contributed by atoms with Gasteiger partial charge in [0, 0.05) is 18.3 Å². The highest BCUT2D eigenvalue weighted by molar-refractivity contribution is 7.89. The van der Waals surface area contributed by atoms with E-state index < -0.39 is 21.5 Å².